The number of amides is 1. The molecule has 1 aliphatic heterocycles. The number of ether oxygens (including phenoxy) is 2. The van der Waals surface area contributed by atoms with E-state index < -0.39 is 0 Å². The lowest BCUT2D eigenvalue weighted by Crippen LogP contribution is -2.28. The first-order valence-electron chi connectivity index (χ1n) is 11.8. The number of furan rings is 1. The van der Waals surface area contributed by atoms with E-state index in [2.05, 4.69) is 26.1 Å². The Balaban J connectivity index is 1.44. The summed E-state index contributed by atoms with van der Waals surface area (Å²) in [6.07, 6.45) is 6.39. The minimum Gasteiger partial charge on any atom is -0.486 e. The molecule has 1 N–H and O–H groups in total. The average Bonchev–Trinajstić information content (AvgIpc) is 3.47. The predicted molar refractivity (Wildman–Crippen MR) is 134 cm³/mol. The Hall–Kier alpha value is -3.06. The van der Waals surface area contributed by atoms with Gasteiger partial charge in [0.2, 0.25) is 0 Å². The summed E-state index contributed by atoms with van der Waals surface area (Å²) in [4.78, 5) is 19.4. The molecule has 34 heavy (non-hydrogen) atoms. The standard InChI is InChI=1S/C27H30N2O4S/c1-27(2,3)18-7-8-20-23(14-18)34-26(24(20)25(30)28-16-19-5-4-10-31-19)29-15-17-6-9-21-22(13-17)33-12-11-32-21/h4-6,9-10,13,15,18H,7-8,11-12,14,16H2,1-3H3,(H,28,30)/t18-/m0/s1. The van der Waals surface area contributed by atoms with E-state index in [-0.39, 0.29) is 11.3 Å². The van der Waals surface area contributed by atoms with Gasteiger partial charge in [0.25, 0.3) is 5.91 Å². The fraction of sp³-hybridized carbons (Fsp3) is 0.407. The Bertz CT molecular complexity index is 1200. The second-order valence-corrected chi connectivity index (χ2v) is 11.0. The maximum Gasteiger partial charge on any atom is 0.255 e. The zero-order valence-corrected chi connectivity index (χ0v) is 20.7. The van der Waals surface area contributed by atoms with E-state index in [4.69, 9.17) is 18.9 Å². The zero-order chi connectivity index (χ0) is 23.7. The van der Waals surface area contributed by atoms with Gasteiger partial charge in [0.05, 0.1) is 18.4 Å². The van der Waals surface area contributed by atoms with Crippen molar-refractivity contribution in [3.05, 3.63) is 63.9 Å². The number of carbonyl (C=O) groups excluding carboxylic acids is 1. The molecule has 0 spiro atoms. The van der Waals surface area contributed by atoms with Crippen molar-refractivity contribution in [1.82, 2.24) is 5.32 Å². The van der Waals surface area contributed by atoms with E-state index in [0.717, 1.165) is 52.6 Å². The monoisotopic (exact) mass is 478 g/mol. The SMILES string of the molecule is CC(C)(C)[C@H]1CCc2c(sc(N=Cc3ccc4c(c3)OCCO4)c2C(=O)NCc2ccco2)C1. The lowest BCUT2D eigenvalue weighted by atomic mass is 9.72. The zero-order valence-electron chi connectivity index (χ0n) is 19.8. The van der Waals surface area contributed by atoms with Crippen molar-refractivity contribution in [1.29, 1.82) is 0 Å². The highest BCUT2D eigenvalue weighted by atomic mass is 32.1. The molecule has 1 aromatic carbocycles. The van der Waals surface area contributed by atoms with Crippen LogP contribution in [0.4, 0.5) is 5.00 Å². The number of benzene rings is 1. The molecule has 178 valence electrons. The number of nitrogens with one attached hydrogen (secondary N) is 1. The molecule has 7 heteroatoms. The first kappa shape index (κ1) is 22.7. The molecule has 5 rings (SSSR count). The summed E-state index contributed by atoms with van der Waals surface area (Å²) in [5, 5.41) is 3.78. The molecule has 0 saturated heterocycles. The van der Waals surface area contributed by atoms with E-state index in [9.17, 15) is 4.79 Å². The Kier molecular flexibility index (Phi) is 6.21. The smallest absolute Gasteiger partial charge is 0.255 e. The Morgan fingerprint density at radius 3 is 2.79 bits per heavy atom. The van der Waals surface area contributed by atoms with Crippen LogP contribution >= 0.6 is 11.3 Å². The number of carbonyl (C=O) groups is 1. The van der Waals surface area contributed by atoms with Gasteiger partial charge in [0, 0.05) is 11.1 Å². The second-order valence-electron chi connectivity index (χ2n) is 9.91. The summed E-state index contributed by atoms with van der Waals surface area (Å²) >= 11 is 1.64. The van der Waals surface area contributed by atoms with Crippen LogP contribution in [-0.2, 0) is 19.4 Å². The van der Waals surface area contributed by atoms with E-state index in [1.807, 2.05) is 30.3 Å². The van der Waals surface area contributed by atoms with Crippen LogP contribution in [0.25, 0.3) is 0 Å². The van der Waals surface area contributed by atoms with Crippen molar-refractivity contribution < 1.29 is 18.7 Å². The third-order valence-corrected chi connectivity index (χ3v) is 7.76. The molecular formula is C27H30N2O4S. The van der Waals surface area contributed by atoms with Gasteiger partial charge in [-0.2, -0.15) is 0 Å². The van der Waals surface area contributed by atoms with Crippen LogP contribution in [-0.4, -0.2) is 25.3 Å². The van der Waals surface area contributed by atoms with Crippen molar-refractivity contribution >= 4 is 28.5 Å². The van der Waals surface area contributed by atoms with Crippen molar-refractivity contribution in [3.63, 3.8) is 0 Å². The molecule has 2 aromatic heterocycles. The fourth-order valence-electron chi connectivity index (χ4n) is 4.58. The minimum atomic E-state index is -0.0996. The average molecular weight is 479 g/mol. The van der Waals surface area contributed by atoms with Crippen molar-refractivity contribution in [2.24, 2.45) is 16.3 Å². The summed E-state index contributed by atoms with van der Waals surface area (Å²) in [6, 6.07) is 9.47. The normalized spacial score (nSPS) is 17.6. The van der Waals surface area contributed by atoms with Gasteiger partial charge in [-0.3, -0.25) is 4.79 Å². The van der Waals surface area contributed by atoms with Crippen LogP contribution in [0, 0.1) is 11.3 Å². The maximum atomic E-state index is 13.3. The van der Waals surface area contributed by atoms with Gasteiger partial charge in [-0.05, 0) is 72.1 Å². The summed E-state index contributed by atoms with van der Waals surface area (Å²) < 4.78 is 16.7. The van der Waals surface area contributed by atoms with Gasteiger partial charge in [-0.1, -0.05) is 20.8 Å². The van der Waals surface area contributed by atoms with Crippen LogP contribution in [0.5, 0.6) is 11.5 Å². The molecule has 0 fully saturated rings. The quantitative estimate of drug-likeness (QED) is 0.460. The summed E-state index contributed by atoms with van der Waals surface area (Å²) in [5.74, 6) is 2.70. The molecule has 0 radical (unpaired) electrons. The maximum absolute atomic E-state index is 13.3. The lowest BCUT2D eigenvalue weighted by Gasteiger charge is -2.33. The fourth-order valence-corrected chi connectivity index (χ4v) is 5.85. The van der Waals surface area contributed by atoms with Crippen molar-refractivity contribution in [2.75, 3.05) is 13.2 Å². The highest BCUT2D eigenvalue weighted by Gasteiger charge is 2.33. The Labute approximate surface area is 204 Å². The van der Waals surface area contributed by atoms with Crippen LogP contribution in [0.15, 0.2) is 46.0 Å². The van der Waals surface area contributed by atoms with Gasteiger partial charge < -0.3 is 19.2 Å². The lowest BCUT2D eigenvalue weighted by molar-refractivity contribution is 0.0947. The summed E-state index contributed by atoms with van der Waals surface area (Å²) in [6.45, 7) is 8.36. The molecule has 3 aromatic rings. The first-order valence-corrected chi connectivity index (χ1v) is 12.6. The number of hydrogen-bond donors (Lipinski definition) is 1. The van der Waals surface area contributed by atoms with Crippen LogP contribution in [0.3, 0.4) is 0 Å². The molecule has 1 atom stereocenters. The predicted octanol–water partition coefficient (Wildman–Crippen LogP) is 5.94. The third kappa shape index (κ3) is 4.75. The van der Waals surface area contributed by atoms with Gasteiger partial charge in [0.1, 0.15) is 24.0 Å². The number of hydrogen-bond acceptors (Lipinski definition) is 6. The molecule has 1 aliphatic carbocycles. The van der Waals surface area contributed by atoms with Gasteiger partial charge >= 0.3 is 0 Å². The van der Waals surface area contributed by atoms with E-state index in [1.54, 1.807) is 23.8 Å². The molecule has 1 amide bonds. The Morgan fingerprint density at radius 1 is 1.21 bits per heavy atom. The van der Waals surface area contributed by atoms with E-state index in [1.165, 1.54) is 4.88 Å². The van der Waals surface area contributed by atoms with E-state index >= 15 is 0 Å². The number of fused-ring (bicyclic) bond motifs is 2. The van der Waals surface area contributed by atoms with Crippen LogP contribution in [0.1, 0.15) is 59.3 Å². The molecule has 0 unspecified atom stereocenters. The Morgan fingerprint density at radius 2 is 2.03 bits per heavy atom. The van der Waals surface area contributed by atoms with Gasteiger partial charge in [0.15, 0.2) is 11.5 Å². The molecule has 2 aliphatic rings. The topological polar surface area (TPSA) is 73.1 Å². The van der Waals surface area contributed by atoms with Crippen molar-refractivity contribution in [3.8, 4) is 11.5 Å². The summed E-state index contributed by atoms with van der Waals surface area (Å²) in [7, 11) is 0. The number of nitrogens with zero attached hydrogens (tertiary/aromatic N) is 1. The van der Waals surface area contributed by atoms with Crippen molar-refractivity contribution in [2.45, 2.75) is 46.6 Å². The third-order valence-electron chi connectivity index (χ3n) is 6.60. The number of rotatable bonds is 5. The highest BCUT2D eigenvalue weighted by Crippen LogP contribution is 2.45. The first-order chi connectivity index (χ1) is 16.4. The largest absolute Gasteiger partial charge is 0.486 e. The highest BCUT2D eigenvalue weighted by molar-refractivity contribution is 7.16. The minimum absolute atomic E-state index is 0.0996. The van der Waals surface area contributed by atoms with E-state index in [0.29, 0.717) is 31.2 Å². The van der Waals surface area contributed by atoms with Crippen LogP contribution in [0.2, 0.25) is 0 Å². The van der Waals surface area contributed by atoms with Crippen LogP contribution < -0.4 is 14.8 Å². The summed E-state index contributed by atoms with van der Waals surface area (Å²) in [5.41, 5.74) is 2.99. The molecule has 0 bridgehead atoms. The second kappa shape index (κ2) is 9.29. The molecule has 6 nitrogen and oxygen atoms in total. The molecule has 0 saturated carbocycles. The molecule has 3 heterocycles. The van der Waals surface area contributed by atoms with Gasteiger partial charge in [-0.15, -0.1) is 11.3 Å². The number of thiophene rings is 1. The van der Waals surface area contributed by atoms with Gasteiger partial charge in [-0.25, -0.2) is 4.99 Å². The number of aliphatic imine (C=N–C) groups is 1. The molecular weight excluding hydrogens is 448 g/mol.